The molecule has 2 saturated carbocycles. The van der Waals surface area contributed by atoms with Gasteiger partial charge in [-0.25, -0.2) is 8.78 Å². The lowest BCUT2D eigenvalue weighted by Gasteiger charge is -2.25. The van der Waals surface area contributed by atoms with E-state index >= 15 is 0 Å². The van der Waals surface area contributed by atoms with E-state index in [0.29, 0.717) is 11.7 Å². The van der Waals surface area contributed by atoms with Crippen molar-refractivity contribution in [1.82, 2.24) is 9.88 Å². The van der Waals surface area contributed by atoms with Crippen molar-refractivity contribution in [2.45, 2.75) is 103 Å². The number of halogens is 2. The monoisotopic (exact) mass is 486 g/mol. The first-order valence-electron chi connectivity index (χ1n) is 13.3. The first-order chi connectivity index (χ1) is 16.7. The molecule has 2 fully saturated rings. The van der Waals surface area contributed by atoms with E-state index in [1.807, 2.05) is 25.1 Å². The Balaban J connectivity index is 1.63. The van der Waals surface area contributed by atoms with Crippen molar-refractivity contribution in [2.24, 2.45) is 5.92 Å². The Morgan fingerprint density at radius 3 is 2.31 bits per heavy atom. The quantitative estimate of drug-likeness (QED) is 0.421. The van der Waals surface area contributed by atoms with Gasteiger partial charge in [0.2, 0.25) is 0 Å². The van der Waals surface area contributed by atoms with E-state index in [1.165, 1.54) is 51.4 Å². The van der Waals surface area contributed by atoms with Crippen molar-refractivity contribution < 1.29 is 18.3 Å². The van der Waals surface area contributed by atoms with Crippen molar-refractivity contribution in [3.05, 3.63) is 41.1 Å². The van der Waals surface area contributed by atoms with Gasteiger partial charge in [-0.05, 0) is 75.3 Å². The fraction of sp³-hybridized carbons (Fsp3) is 0.621. The summed E-state index contributed by atoms with van der Waals surface area (Å²) in [7, 11) is 0. The number of aryl methyl sites for hydroxylation is 1. The molecule has 6 heteroatoms. The lowest BCUT2D eigenvalue weighted by Crippen LogP contribution is -2.36. The SMILES string of the molecule is Cc1cc(OCC(C)(F)F)ccc1-c1cc(C(=O)NC2CCCCC2)c(C)n1CC1CCCCC1. The average molecular weight is 487 g/mol. The Labute approximate surface area is 208 Å². The molecule has 2 aliphatic carbocycles. The minimum absolute atomic E-state index is 0.0147. The second-order valence-electron chi connectivity index (χ2n) is 10.8. The second-order valence-corrected chi connectivity index (χ2v) is 10.8. The summed E-state index contributed by atoms with van der Waals surface area (Å²) < 4.78 is 34.1. The highest BCUT2D eigenvalue weighted by Crippen LogP contribution is 2.34. The van der Waals surface area contributed by atoms with Gasteiger partial charge in [0.05, 0.1) is 5.56 Å². The normalized spacial score (nSPS) is 18.0. The molecule has 1 aromatic carbocycles. The highest BCUT2D eigenvalue weighted by atomic mass is 19.3. The van der Waals surface area contributed by atoms with Crippen LogP contribution in [0.3, 0.4) is 0 Å². The highest BCUT2D eigenvalue weighted by Gasteiger charge is 2.25. The van der Waals surface area contributed by atoms with Crippen LogP contribution in [0.5, 0.6) is 5.75 Å². The molecule has 0 unspecified atom stereocenters. The molecule has 4 rings (SSSR count). The van der Waals surface area contributed by atoms with Crippen LogP contribution in [0.25, 0.3) is 11.3 Å². The van der Waals surface area contributed by atoms with Crippen LogP contribution in [-0.2, 0) is 6.54 Å². The Hall–Kier alpha value is -2.37. The molecule has 4 nitrogen and oxygen atoms in total. The molecule has 35 heavy (non-hydrogen) atoms. The fourth-order valence-electron chi connectivity index (χ4n) is 5.69. The molecule has 1 amide bonds. The summed E-state index contributed by atoms with van der Waals surface area (Å²) in [6.07, 6.45) is 12.0. The topological polar surface area (TPSA) is 43.3 Å². The molecule has 2 aliphatic rings. The van der Waals surface area contributed by atoms with Crippen LogP contribution in [0, 0.1) is 19.8 Å². The Bertz CT molecular complexity index is 1010. The number of nitrogens with one attached hydrogen (secondary N) is 1. The number of carbonyl (C=O) groups excluding carboxylic acids is 1. The zero-order valence-corrected chi connectivity index (χ0v) is 21.5. The standard InChI is InChI=1S/C29H40F2N2O2/c1-20-16-24(35-19-29(3,30)31)14-15-25(20)27-17-26(28(34)32-23-12-8-5-9-13-23)21(2)33(27)18-22-10-6-4-7-11-22/h14-17,22-23H,4-13,18-19H2,1-3H3,(H,32,34). The van der Waals surface area contributed by atoms with Gasteiger partial charge in [0.25, 0.3) is 11.8 Å². The predicted molar refractivity (Wildman–Crippen MR) is 136 cm³/mol. The van der Waals surface area contributed by atoms with Crippen molar-refractivity contribution in [2.75, 3.05) is 6.61 Å². The predicted octanol–water partition coefficient (Wildman–Crippen LogP) is 7.45. The maximum Gasteiger partial charge on any atom is 0.278 e. The lowest BCUT2D eigenvalue weighted by molar-refractivity contribution is -0.0229. The Morgan fingerprint density at radius 1 is 1.03 bits per heavy atom. The zero-order chi connectivity index (χ0) is 25.0. The summed E-state index contributed by atoms with van der Waals surface area (Å²) in [5.74, 6) is -1.82. The third-order valence-electron chi connectivity index (χ3n) is 7.68. The summed E-state index contributed by atoms with van der Waals surface area (Å²) in [6, 6.07) is 7.79. The van der Waals surface area contributed by atoms with Gasteiger partial charge in [0.1, 0.15) is 5.75 Å². The molecule has 0 aliphatic heterocycles. The van der Waals surface area contributed by atoms with E-state index in [1.54, 1.807) is 6.07 Å². The number of amides is 1. The smallest absolute Gasteiger partial charge is 0.278 e. The van der Waals surface area contributed by atoms with Crippen LogP contribution in [0.15, 0.2) is 24.3 Å². The molecule has 1 heterocycles. The number of hydrogen-bond donors (Lipinski definition) is 1. The maximum absolute atomic E-state index is 13.3. The van der Waals surface area contributed by atoms with Crippen molar-refractivity contribution in [3.63, 3.8) is 0 Å². The molecule has 2 aromatic rings. The summed E-state index contributed by atoms with van der Waals surface area (Å²) in [5, 5.41) is 3.28. The maximum atomic E-state index is 13.3. The first-order valence-corrected chi connectivity index (χ1v) is 13.3. The number of nitrogens with zero attached hydrogens (tertiary/aromatic N) is 1. The summed E-state index contributed by atoms with van der Waals surface area (Å²) in [6.45, 7) is 5.14. The van der Waals surface area contributed by atoms with Crippen LogP contribution in [-0.4, -0.2) is 29.0 Å². The molecule has 0 bridgehead atoms. The minimum atomic E-state index is -2.88. The largest absolute Gasteiger partial charge is 0.487 e. The molecular formula is C29H40F2N2O2. The third kappa shape index (κ3) is 6.65. The number of rotatable bonds is 8. The molecule has 1 aromatic heterocycles. The van der Waals surface area contributed by atoms with Gasteiger partial charge < -0.3 is 14.6 Å². The van der Waals surface area contributed by atoms with Gasteiger partial charge >= 0.3 is 0 Å². The molecule has 0 atom stereocenters. The van der Waals surface area contributed by atoms with Crippen molar-refractivity contribution in [3.8, 4) is 17.0 Å². The fourth-order valence-corrected chi connectivity index (χ4v) is 5.69. The number of benzene rings is 1. The first kappa shape index (κ1) is 25.7. The highest BCUT2D eigenvalue weighted by molar-refractivity contribution is 5.97. The summed E-state index contributed by atoms with van der Waals surface area (Å²) >= 11 is 0. The van der Waals surface area contributed by atoms with Gasteiger partial charge in [-0.15, -0.1) is 0 Å². The van der Waals surface area contributed by atoms with Crippen LogP contribution < -0.4 is 10.1 Å². The second kappa shape index (κ2) is 11.1. The van der Waals surface area contributed by atoms with Crippen LogP contribution >= 0.6 is 0 Å². The Morgan fingerprint density at radius 2 is 1.69 bits per heavy atom. The van der Waals surface area contributed by atoms with Crippen molar-refractivity contribution >= 4 is 5.91 Å². The summed E-state index contributed by atoms with van der Waals surface area (Å²) in [5.41, 5.74) is 4.72. The van der Waals surface area contributed by atoms with E-state index in [9.17, 15) is 13.6 Å². The van der Waals surface area contributed by atoms with E-state index in [2.05, 4.69) is 16.8 Å². The zero-order valence-electron chi connectivity index (χ0n) is 21.5. The molecule has 0 saturated heterocycles. The number of alkyl halides is 2. The number of carbonyl (C=O) groups is 1. The minimum Gasteiger partial charge on any atom is -0.487 e. The van der Waals surface area contributed by atoms with Gasteiger partial charge in [0, 0.05) is 36.5 Å². The Kier molecular flexibility index (Phi) is 8.18. The molecule has 0 spiro atoms. The van der Waals surface area contributed by atoms with Gasteiger partial charge in [-0.1, -0.05) is 38.5 Å². The average Bonchev–Trinajstić information content (AvgIpc) is 3.14. The van der Waals surface area contributed by atoms with Gasteiger partial charge in [-0.3, -0.25) is 4.79 Å². The molecule has 192 valence electrons. The van der Waals surface area contributed by atoms with E-state index in [-0.39, 0.29) is 11.9 Å². The van der Waals surface area contributed by atoms with Gasteiger partial charge in [-0.2, -0.15) is 0 Å². The molecule has 1 N–H and O–H groups in total. The molecule has 0 radical (unpaired) electrons. The summed E-state index contributed by atoms with van der Waals surface area (Å²) in [4.78, 5) is 13.3. The number of ether oxygens (including phenoxy) is 1. The number of aromatic nitrogens is 1. The van der Waals surface area contributed by atoms with Crippen LogP contribution in [0.1, 0.15) is 92.7 Å². The van der Waals surface area contributed by atoms with Gasteiger partial charge in [0.15, 0.2) is 6.61 Å². The lowest BCUT2D eigenvalue weighted by atomic mass is 9.89. The van der Waals surface area contributed by atoms with Crippen LogP contribution in [0.2, 0.25) is 0 Å². The van der Waals surface area contributed by atoms with Crippen LogP contribution in [0.4, 0.5) is 8.78 Å². The number of hydrogen-bond acceptors (Lipinski definition) is 2. The third-order valence-corrected chi connectivity index (χ3v) is 7.68. The van der Waals surface area contributed by atoms with Crippen molar-refractivity contribution in [1.29, 1.82) is 0 Å². The van der Waals surface area contributed by atoms with E-state index < -0.39 is 12.5 Å². The molecular weight excluding hydrogens is 446 g/mol. The van der Waals surface area contributed by atoms with E-state index in [0.717, 1.165) is 54.4 Å². The van der Waals surface area contributed by atoms with E-state index in [4.69, 9.17) is 4.74 Å².